The van der Waals surface area contributed by atoms with Crippen LogP contribution in [-0.2, 0) is 10.1 Å². The Hall–Kier alpha value is -0.880. The maximum Gasteiger partial charge on any atom is 0.409 e. The Morgan fingerprint density at radius 2 is 2.06 bits per heavy atom. The number of halogens is 2. The molecule has 9 heteroatoms. The number of benzene rings is 1. The number of nitrogens with zero attached hydrogens (tertiary/aromatic N) is 2. The third-order valence-electron chi connectivity index (χ3n) is 1.61. The lowest BCUT2D eigenvalue weighted by Crippen LogP contribution is -3.00. The lowest BCUT2D eigenvalue weighted by Gasteiger charge is -2.04. The molecule has 0 saturated heterocycles. The topological polar surface area (TPSA) is 91.8 Å². The summed E-state index contributed by atoms with van der Waals surface area (Å²) in [4.78, 5) is 2.04. The van der Waals surface area contributed by atoms with Crippen molar-refractivity contribution in [1.82, 2.24) is 0 Å². The van der Waals surface area contributed by atoms with Crippen LogP contribution in [0.3, 0.4) is 0 Å². The summed E-state index contributed by atoms with van der Waals surface area (Å²) in [6.07, 6.45) is 0. The van der Waals surface area contributed by atoms with Crippen LogP contribution in [-0.4, -0.2) is 20.1 Å². The Morgan fingerprint density at radius 3 is 2.44 bits per heavy atom. The minimum absolute atomic E-state index is 0. The second-order valence-corrected chi connectivity index (χ2v) is 4.27. The molecule has 16 heavy (non-hydrogen) atoms. The largest absolute Gasteiger partial charge is 1.00 e. The van der Waals surface area contributed by atoms with E-state index in [9.17, 15) is 8.42 Å². The molecule has 0 amide bonds. The van der Waals surface area contributed by atoms with Crippen molar-refractivity contribution in [3.05, 3.63) is 22.1 Å². The molecule has 0 radical (unpaired) electrons. The first-order valence-electron chi connectivity index (χ1n) is 3.61. The molecule has 0 atom stereocenters. The van der Waals surface area contributed by atoms with Crippen LogP contribution in [0.25, 0.3) is 4.98 Å². The number of hydrogen-bond donors (Lipinski definition) is 1. The van der Waals surface area contributed by atoms with Crippen LogP contribution in [0.4, 0.5) is 5.69 Å². The average Bonchev–Trinajstić information content (AvgIpc) is 2.15. The van der Waals surface area contributed by atoms with Crippen LogP contribution in [0, 0.1) is 5.39 Å². The van der Waals surface area contributed by atoms with E-state index in [1.807, 2.05) is 0 Å². The molecule has 0 heterocycles. The fourth-order valence-electron chi connectivity index (χ4n) is 1.05. The standard InChI is InChI=1S/C7H5ClN2O4S.BrH/c1-14-6-4(8)2-3-5(10-9)7(6)15(11,12)13;/h2-3H,1H3;1H. The van der Waals surface area contributed by atoms with Gasteiger partial charge in [-0.1, -0.05) is 11.6 Å². The predicted octanol–water partition coefficient (Wildman–Crippen LogP) is -0.916. The summed E-state index contributed by atoms with van der Waals surface area (Å²) in [5.41, 5.74) is -0.348. The molecule has 0 bridgehead atoms. The Bertz CT molecular complexity index is 540. The third kappa shape index (κ3) is 2.82. The van der Waals surface area contributed by atoms with E-state index < -0.39 is 15.0 Å². The fraction of sp³-hybridized carbons (Fsp3) is 0.143. The Kier molecular flexibility index (Phi) is 5.15. The van der Waals surface area contributed by atoms with Crippen LogP contribution in [0.2, 0.25) is 5.02 Å². The Morgan fingerprint density at radius 1 is 1.50 bits per heavy atom. The van der Waals surface area contributed by atoms with Gasteiger partial charge in [0.2, 0.25) is 10.3 Å². The van der Waals surface area contributed by atoms with E-state index in [-0.39, 0.29) is 33.4 Å². The maximum absolute atomic E-state index is 11.0. The summed E-state index contributed by atoms with van der Waals surface area (Å²) < 4.78 is 35.6. The van der Waals surface area contributed by atoms with Gasteiger partial charge in [0, 0.05) is 6.07 Å². The van der Waals surface area contributed by atoms with Crippen molar-refractivity contribution in [1.29, 1.82) is 5.39 Å². The summed E-state index contributed by atoms with van der Waals surface area (Å²) in [6, 6.07) is 2.41. The van der Waals surface area contributed by atoms with E-state index in [1.54, 1.807) is 0 Å². The highest BCUT2D eigenvalue weighted by molar-refractivity contribution is 7.86. The van der Waals surface area contributed by atoms with E-state index in [0.29, 0.717) is 0 Å². The van der Waals surface area contributed by atoms with Crippen LogP contribution in [0.1, 0.15) is 0 Å². The van der Waals surface area contributed by atoms with Gasteiger partial charge >= 0.3 is 15.8 Å². The second-order valence-electron chi connectivity index (χ2n) is 2.50. The zero-order valence-electron chi connectivity index (χ0n) is 7.89. The molecule has 0 aromatic heterocycles. The highest BCUT2D eigenvalue weighted by Gasteiger charge is 2.31. The summed E-state index contributed by atoms with van der Waals surface area (Å²) in [5, 5.41) is 8.53. The molecule has 1 rings (SSSR count). The SMILES string of the molecule is COc1c(Cl)ccc([N+]#N)c1S(=O)(=O)O.[Br-]. The monoisotopic (exact) mass is 328 g/mol. The first-order valence-corrected chi connectivity index (χ1v) is 5.42. The molecule has 0 spiro atoms. The normalized spacial score (nSPS) is 10.1. The highest BCUT2D eigenvalue weighted by Crippen LogP contribution is 2.38. The minimum atomic E-state index is -4.57. The lowest BCUT2D eigenvalue weighted by molar-refractivity contribution is -0.00000783. The van der Waals surface area contributed by atoms with Gasteiger partial charge in [-0.3, -0.25) is 4.55 Å². The van der Waals surface area contributed by atoms with Gasteiger partial charge in [-0.25, -0.2) is 0 Å². The van der Waals surface area contributed by atoms with Crippen molar-refractivity contribution in [2.24, 2.45) is 0 Å². The van der Waals surface area contributed by atoms with Crippen LogP contribution < -0.4 is 21.7 Å². The molecule has 1 aromatic carbocycles. The summed E-state index contributed by atoms with van der Waals surface area (Å²) >= 11 is 5.64. The van der Waals surface area contributed by atoms with Crippen LogP contribution in [0.5, 0.6) is 5.75 Å². The van der Waals surface area contributed by atoms with Gasteiger partial charge in [0.15, 0.2) is 10.7 Å². The quantitative estimate of drug-likeness (QED) is 0.560. The Labute approximate surface area is 107 Å². The first kappa shape index (κ1) is 15.1. The zero-order chi connectivity index (χ0) is 11.6. The van der Waals surface area contributed by atoms with Gasteiger partial charge in [0.1, 0.15) is 0 Å². The highest BCUT2D eigenvalue weighted by atomic mass is 79.9. The van der Waals surface area contributed by atoms with Crippen molar-refractivity contribution in [2.45, 2.75) is 4.90 Å². The molecule has 0 aliphatic carbocycles. The molecule has 0 aliphatic heterocycles. The van der Waals surface area contributed by atoms with E-state index >= 15 is 0 Å². The van der Waals surface area contributed by atoms with Gasteiger partial charge in [-0.05, 0) is 6.07 Å². The Balaban J connectivity index is 0.00000225. The number of hydrogen-bond acceptors (Lipinski definition) is 4. The summed E-state index contributed by atoms with van der Waals surface area (Å²) in [5.74, 6) is -0.269. The summed E-state index contributed by atoms with van der Waals surface area (Å²) in [6.45, 7) is 0. The zero-order valence-corrected chi connectivity index (χ0v) is 11.0. The molecule has 1 N–H and O–H groups in total. The maximum atomic E-state index is 11.0. The van der Waals surface area contributed by atoms with Crippen molar-refractivity contribution >= 4 is 27.4 Å². The lowest BCUT2D eigenvalue weighted by atomic mass is 10.3. The predicted molar refractivity (Wildman–Crippen MR) is 52.6 cm³/mol. The molecule has 0 unspecified atom stereocenters. The molecule has 1 aromatic rings. The van der Waals surface area contributed by atoms with E-state index in [2.05, 4.69) is 4.98 Å². The van der Waals surface area contributed by atoms with Crippen LogP contribution in [0.15, 0.2) is 17.0 Å². The van der Waals surface area contributed by atoms with Gasteiger partial charge in [0.05, 0.1) is 12.1 Å². The average molecular weight is 330 g/mol. The van der Waals surface area contributed by atoms with Gasteiger partial charge in [-0.2, -0.15) is 8.42 Å². The second kappa shape index (κ2) is 5.45. The number of methoxy groups -OCH3 is 1. The minimum Gasteiger partial charge on any atom is -1.00 e. The smallest absolute Gasteiger partial charge is 0.409 e. The molecule has 0 fully saturated rings. The van der Waals surface area contributed by atoms with Crippen molar-refractivity contribution < 1.29 is 34.7 Å². The number of rotatable bonds is 2. The van der Waals surface area contributed by atoms with Crippen molar-refractivity contribution in [3.8, 4) is 5.75 Å². The molecule has 0 saturated carbocycles. The molecule has 6 nitrogen and oxygen atoms in total. The number of diazo groups is 1. The first-order chi connectivity index (χ1) is 6.91. The molecular weight excluding hydrogens is 324 g/mol. The van der Waals surface area contributed by atoms with Crippen molar-refractivity contribution in [2.75, 3.05) is 7.11 Å². The van der Waals surface area contributed by atoms with Gasteiger partial charge in [-0.15, -0.1) is 0 Å². The third-order valence-corrected chi connectivity index (χ3v) is 2.82. The van der Waals surface area contributed by atoms with E-state index in [1.165, 1.54) is 13.2 Å². The summed E-state index contributed by atoms with van der Waals surface area (Å²) in [7, 11) is -3.40. The van der Waals surface area contributed by atoms with Crippen LogP contribution >= 0.6 is 11.6 Å². The van der Waals surface area contributed by atoms with Gasteiger partial charge < -0.3 is 21.7 Å². The molecular formula is C7H6BrClN2O4S. The van der Waals surface area contributed by atoms with E-state index in [0.717, 1.165) is 6.07 Å². The van der Waals surface area contributed by atoms with Gasteiger partial charge in [0.25, 0.3) is 0 Å². The van der Waals surface area contributed by atoms with E-state index in [4.69, 9.17) is 26.3 Å². The molecule has 0 aliphatic rings. The fourth-order valence-corrected chi connectivity index (χ4v) is 2.14. The van der Waals surface area contributed by atoms with Crippen molar-refractivity contribution in [3.63, 3.8) is 0 Å². The molecule has 88 valence electrons. The number of ether oxygens (including phenoxy) is 1.